The van der Waals surface area contributed by atoms with E-state index >= 15 is 0 Å². The van der Waals surface area contributed by atoms with E-state index < -0.39 is 10.0 Å². The molecule has 0 fully saturated rings. The van der Waals surface area contributed by atoms with Gasteiger partial charge in [-0.25, -0.2) is 18.1 Å². The molecule has 2 aromatic heterocycles. The van der Waals surface area contributed by atoms with Crippen molar-refractivity contribution < 1.29 is 13.2 Å². The highest BCUT2D eigenvalue weighted by atomic mass is 79.9. The van der Waals surface area contributed by atoms with Crippen molar-refractivity contribution in [3.63, 3.8) is 0 Å². The van der Waals surface area contributed by atoms with E-state index in [4.69, 9.17) is 0 Å². The van der Waals surface area contributed by atoms with E-state index in [1.165, 1.54) is 25.3 Å². The lowest BCUT2D eigenvalue weighted by Gasteiger charge is -2.02. The van der Waals surface area contributed by atoms with Crippen LogP contribution in [0.5, 0.6) is 0 Å². The number of benzene rings is 1. The molecule has 1 amide bonds. The van der Waals surface area contributed by atoms with Gasteiger partial charge in [0.2, 0.25) is 15.9 Å². The molecule has 0 bridgehead atoms. The van der Waals surface area contributed by atoms with Crippen molar-refractivity contribution in [3.8, 4) is 0 Å². The predicted molar refractivity (Wildman–Crippen MR) is 106 cm³/mol. The second-order valence-electron chi connectivity index (χ2n) is 5.67. The Balaban J connectivity index is 1.59. The number of halogens is 1. The molecule has 0 aliphatic carbocycles. The lowest BCUT2D eigenvalue weighted by atomic mass is 10.2. The molecule has 140 valence electrons. The largest absolute Gasteiger partial charge is 0.347 e. The van der Waals surface area contributed by atoms with Gasteiger partial charge in [-0.05, 0) is 58.9 Å². The van der Waals surface area contributed by atoms with Crippen molar-refractivity contribution in [1.29, 1.82) is 0 Å². The molecule has 0 aliphatic heterocycles. The van der Waals surface area contributed by atoms with E-state index in [1.54, 1.807) is 18.2 Å². The van der Waals surface area contributed by atoms with Crippen LogP contribution in [0.2, 0.25) is 0 Å². The van der Waals surface area contributed by atoms with Crippen LogP contribution in [0.25, 0.3) is 11.7 Å². The third-order valence-corrected chi connectivity index (χ3v) is 5.69. The number of sulfonamides is 1. The summed E-state index contributed by atoms with van der Waals surface area (Å²) in [4.78, 5) is 16.6. The Morgan fingerprint density at radius 1 is 1.19 bits per heavy atom. The molecule has 3 aromatic rings. The Bertz CT molecular complexity index is 1110. The Morgan fingerprint density at radius 3 is 2.63 bits per heavy atom. The van der Waals surface area contributed by atoms with Crippen LogP contribution in [0.1, 0.15) is 11.3 Å². The first-order valence-corrected chi connectivity index (χ1v) is 10.3. The van der Waals surface area contributed by atoms with Crippen molar-refractivity contribution in [2.24, 2.45) is 0 Å². The number of amides is 1. The highest BCUT2D eigenvalue weighted by Gasteiger charge is 2.09. The molecule has 0 unspecified atom stereocenters. The van der Waals surface area contributed by atoms with E-state index in [1.807, 2.05) is 28.9 Å². The summed E-state index contributed by atoms with van der Waals surface area (Å²) in [6.45, 7) is 0.307. The molecule has 27 heavy (non-hydrogen) atoms. The molecule has 1 aromatic carbocycles. The van der Waals surface area contributed by atoms with E-state index in [9.17, 15) is 13.2 Å². The van der Waals surface area contributed by atoms with Crippen LogP contribution in [0.15, 0.2) is 64.2 Å². The van der Waals surface area contributed by atoms with Crippen molar-refractivity contribution in [2.45, 2.75) is 11.4 Å². The summed E-state index contributed by atoms with van der Waals surface area (Å²) in [6, 6.07) is 10.0. The third kappa shape index (κ3) is 4.82. The monoisotopic (exact) mass is 448 g/mol. The first-order valence-electron chi connectivity index (χ1n) is 8.00. The van der Waals surface area contributed by atoms with Gasteiger partial charge >= 0.3 is 0 Å². The maximum Gasteiger partial charge on any atom is 0.244 e. The van der Waals surface area contributed by atoms with Gasteiger partial charge in [0.25, 0.3) is 0 Å². The average molecular weight is 449 g/mol. The maximum atomic E-state index is 12.0. The topological polar surface area (TPSA) is 92.6 Å². The van der Waals surface area contributed by atoms with Crippen molar-refractivity contribution >= 4 is 43.6 Å². The number of pyridine rings is 1. The van der Waals surface area contributed by atoms with Gasteiger partial charge in [-0.3, -0.25) is 4.79 Å². The fourth-order valence-electron chi connectivity index (χ4n) is 2.39. The van der Waals surface area contributed by atoms with E-state index in [0.717, 1.165) is 21.4 Å². The zero-order valence-corrected chi connectivity index (χ0v) is 16.8. The number of fused-ring (bicyclic) bond motifs is 1. The summed E-state index contributed by atoms with van der Waals surface area (Å²) in [5, 5.41) is 2.77. The third-order valence-electron chi connectivity index (χ3n) is 3.79. The average Bonchev–Trinajstić information content (AvgIpc) is 3.07. The molecule has 0 atom stereocenters. The Kier molecular flexibility index (Phi) is 5.73. The van der Waals surface area contributed by atoms with Gasteiger partial charge in [0.05, 0.1) is 17.1 Å². The SMILES string of the molecule is CNS(=O)(=O)c1ccc(C=CC(=O)NCc2cn3cc(Br)ccc3n2)cc1. The minimum absolute atomic E-state index is 0.171. The van der Waals surface area contributed by atoms with Gasteiger partial charge in [-0.1, -0.05) is 12.1 Å². The van der Waals surface area contributed by atoms with Crippen LogP contribution in [0.3, 0.4) is 0 Å². The quantitative estimate of drug-likeness (QED) is 0.565. The predicted octanol–water partition coefficient (Wildman–Crippen LogP) is 2.33. The molecule has 9 heteroatoms. The number of hydrogen-bond acceptors (Lipinski definition) is 4. The number of carbonyl (C=O) groups is 1. The van der Waals surface area contributed by atoms with Crippen LogP contribution in [-0.4, -0.2) is 30.8 Å². The molecule has 0 spiro atoms. The second-order valence-corrected chi connectivity index (χ2v) is 8.47. The minimum atomic E-state index is -3.46. The molecule has 0 saturated heterocycles. The fourth-order valence-corrected chi connectivity index (χ4v) is 3.47. The molecule has 0 radical (unpaired) electrons. The standard InChI is InChI=1S/C18H17BrN4O3S/c1-20-27(25,26)16-6-2-13(3-7-16)4-9-18(24)21-10-15-12-23-11-14(19)5-8-17(23)22-15/h2-9,11-12,20H,10H2,1H3,(H,21,24). The Hall–Kier alpha value is -2.49. The Morgan fingerprint density at radius 2 is 1.93 bits per heavy atom. The van der Waals surface area contributed by atoms with Crippen LogP contribution in [0.4, 0.5) is 0 Å². The van der Waals surface area contributed by atoms with Gasteiger partial charge in [0.1, 0.15) is 5.65 Å². The number of nitrogens with zero attached hydrogens (tertiary/aromatic N) is 2. The maximum absolute atomic E-state index is 12.0. The number of carbonyl (C=O) groups excluding carboxylic acids is 1. The molecule has 3 rings (SSSR count). The smallest absolute Gasteiger partial charge is 0.244 e. The zero-order valence-electron chi connectivity index (χ0n) is 14.4. The number of imidazole rings is 1. The second kappa shape index (κ2) is 8.03. The van der Waals surface area contributed by atoms with Crippen LogP contribution < -0.4 is 10.0 Å². The molecule has 0 aliphatic rings. The summed E-state index contributed by atoms with van der Waals surface area (Å²) < 4.78 is 28.4. The summed E-state index contributed by atoms with van der Waals surface area (Å²) in [5.41, 5.74) is 2.27. The summed E-state index contributed by atoms with van der Waals surface area (Å²) in [7, 11) is -2.11. The first-order chi connectivity index (χ1) is 12.9. The van der Waals surface area contributed by atoms with Crippen LogP contribution >= 0.6 is 15.9 Å². The first kappa shape index (κ1) is 19.3. The van der Waals surface area contributed by atoms with Crippen molar-refractivity contribution in [3.05, 3.63) is 70.6 Å². The summed E-state index contributed by atoms with van der Waals surface area (Å²) in [6.07, 6.45) is 6.76. The minimum Gasteiger partial charge on any atom is -0.347 e. The van der Waals surface area contributed by atoms with Crippen LogP contribution in [-0.2, 0) is 21.4 Å². The number of hydrogen-bond donors (Lipinski definition) is 2. The molecular formula is C18H17BrN4O3S. The van der Waals surface area contributed by atoms with E-state index in [0.29, 0.717) is 6.54 Å². The van der Waals surface area contributed by atoms with Gasteiger partial charge < -0.3 is 9.72 Å². The summed E-state index contributed by atoms with van der Waals surface area (Å²) >= 11 is 3.40. The molecule has 2 N–H and O–H groups in total. The van der Waals surface area contributed by atoms with Gasteiger partial charge in [0, 0.05) is 22.9 Å². The van der Waals surface area contributed by atoms with Crippen molar-refractivity contribution in [1.82, 2.24) is 19.4 Å². The Labute approximate surface area is 165 Å². The molecule has 2 heterocycles. The zero-order chi connectivity index (χ0) is 19.4. The van der Waals surface area contributed by atoms with Gasteiger partial charge in [0.15, 0.2) is 0 Å². The highest BCUT2D eigenvalue weighted by Crippen LogP contribution is 2.13. The van der Waals surface area contributed by atoms with E-state index in [2.05, 4.69) is 31.0 Å². The number of rotatable bonds is 6. The highest BCUT2D eigenvalue weighted by molar-refractivity contribution is 9.10. The number of nitrogens with one attached hydrogen (secondary N) is 2. The van der Waals surface area contributed by atoms with Crippen molar-refractivity contribution in [2.75, 3.05) is 7.05 Å². The number of aromatic nitrogens is 2. The van der Waals surface area contributed by atoms with Gasteiger partial charge in [-0.15, -0.1) is 0 Å². The molecular weight excluding hydrogens is 432 g/mol. The lowest BCUT2D eigenvalue weighted by Crippen LogP contribution is -2.20. The van der Waals surface area contributed by atoms with Gasteiger partial charge in [-0.2, -0.15) is 0 Å². The molecule has 0 saturated carbocycles. The van der Waals surface area contributed by atoms with Crippen LogP contribution in [0, 0.1) is 0 Å². The molecule has 7 nitrogen and oxygen atoms in total. The van der Waals surface area contributed by atoms with E-state index in [-0.39, 0.29) is 10.8 Å². The summed E-state index contributed by atoms with van der Waals surface area (Å²) in [5.74, 6) is -0.264. The normalized spacial score (nSPS) is 11.9. The fraction of sp³-hybridized carbons (Fsp3) is 0.111. The lowest BCUT2D eigenvalue weighted by molar-refractivity contribution is -0.116.